The van der Waals surface area contributed by atoms with Gasteiger partial charge in [0, 0.05) is 19.4 Å². The molecule has 2 rings (SSSR count). The van der Waals surface area contributed by atoms with Crippen molar-refractivity contribution in [3.8, 4) is 5.75 Å². The highest BCUT2D eigenvalue weighted by molar-refractivity contribution is 6.32. The van der Waals surface area contributed by atoms with Gasteiger partial charge in [0.05, 0.1) is 17.6 Å². The molecule has 0 unspecified atom stereocenters. The Morgan fingerprint density at radius 1 is 1.25 bits per heavy atom. The van der Waals surface area contributed by atoms with Crippen molar-refractivity contribution in [2.75, 3.05) is 13.6 Å². The summed E-state index contributed by atoms with van der Waals surface area (Å²) >= 11 is 6.07. The SMILES string of the molecule is C[C@H](c1ccncc1)N(C)C(=O)NC[C@H](C)Oc1ccccc1Cl. The van der Waals surface area contributed by atoms with E-state index in [1.165, 1.54) is 0 Å². The molecule has 2 amide bonds. The summed E-state index contributed by atoms with van der Waals surface area (Å²) in [4.78, 5) is 17.9. The van der Waals surface area contributed by atoms with Gasteiger partial charge in [-0.05, 0) is 43.7 Å². The van der Waals surface area contributed by atoms with E-state index in [9.17, 15) is 4.79 Å². The summed E-state index contributed by atoms with van der Waals surface area (Å²) < 4.78 is 5.75. The third kappa shape index (κ3) is 4.86. The van der Waals surface area contributed by atoms with E-state index in [0.29, 0.717) is 17.3 Å². The zero-order valence-corrected chi connectivity index (χ0v) is 14.8. The second-order valence-electron chi connectivity index (χ2n) is 5.61. The van der Waals surface area contributed by atoms with E-state index < -0.39 is 0 Å². The Balaban J connectivity index is 1.85. The topological polar surface area (TPSA) is 54.5 Å². The summed E-state index contributed by atoms with van der Waals surface area (Å²) in [5.74, 6) is 0.611. The van der Waals surface area contributed by atoms with Crippen LogP contribution in [0.3, 0.4) is 0 Å². The summed E-state index contributed by atoms with van der Waals surface area (Å²) in [5, 5.41) is 3.43. The lowest BCUT2D eigenvalue weighted by molar-refractivity contribution is 0.179. The van der Waals surface area contributed by atoms with Gasteiger partial charge in [-0.3, -0.25) is 4.98 Å². The van der Waals surface area contributed by atoms with Gasteiger partial charge in [-0.15, -0.1) is 0 Å². The molecule has 2 atom stereocenters. The van der Waals surface area contributed by atoms with Crippen molar-refractivity contribution in [3.63, 3.8) is 0 Å². The van der Waals surface area contributed by atoms with Gasteiger partial charge in [0.1, 0.15) is 11.9 Å². The van der Waals surface area contributed by atoms with Crippen molar-refractivity contribution in [1.82, 2.24) is 15.2 Å². The summed E-state index contributed by atoms with van der Waals surface area (Å²) in [7, 11) is 1.76. The molecule has 0 radical (unpaired) electrons. The van der Waals surface area contributed by atoms with E-state index in [2.05, 4.69) is 10.3 Å². The van der Waals surface area contributed by atoms with Crippen molar-refractivity contribution in [3.05, 3.63) is 59.4 Å². The first-order valence-electron chi connectivity index (χ1n) is 7.80. The number of pyridine rings is 1. The minimum atomic E-state index is -0.196. The molecule has 24 heavy (non-hydrogen) atoms. The van der Waals surface area contributed by atoms with Crippen LogP contribution in [0, 0.1) is 0 Å². The molecule has 0 saturated heterocycles. The molecule has 1 N–H and O–H groups in total. The number of carbonyl (C=O) groups is 1. The number of rotatable bonds is 6. The van der Waals surface area contributed by atoms with E-state index in [-0.39, 0.29) is 18.2 Å². The molecule has 6 heteroatoms. The molecule has 1 aromatic carbocycles. The zero-order chi connectivity index (χ0) is 17.5. The van der Waals surface area contributed by atoms with Crippen LogP contribution in [0.15, 0.2) is 48.8 Å². The predicted molar refractivity (Wildman–Crippen MR) is 95.4 cm³/mol. The normalized spacial score (nSPS) is 13.0. The molecule has 2 aromatic rings. The summed E-state index contributed by atoms with van der Waals surface area (Å²) in [6.45, 7) is 4.24. The molecule has 1 aromatic heterocycles. The van der Waals surface area contributed by atoms with E-state index in [4.69, 9.17) is 16.3 Å². The highest BCUT2D eigenvalue weighted by Crippen LogP contribution is 2.24. The Hall–Kier alpha value is -2.27. The lowest BCUT2D eigenvalue weighted by atomic mass is 10.1. The number of aromatic nitrogens is 1. The van der Waals surface area contributed by atoms with E-state index in [1.54, 1.807) is 36.5 Å². The van der Waals surface area contributed by atoms with E-state index >= 15 is 0 Å². The third-order valence-electron chi connectivity index (χ3n) is 3.80. The Bertz CT molecular complexity index is 666. The fraction of sp³-hybridized carbons (Fsp3) is 0.333. The standard InChI is InChI=1S/C18H22ClN3O2/c1-13(24-17-7-5-4-6-16(17)19)12-21-18(23)22(3)14(2)15-8-10-20-11-9-15/h4-11,13-14H,12H2,1-3H3,(H,21,23)/t13-,14+/m0/s1. The number of hydrogen-bond donors (Lipinski definition) is 1. The minimum absolute atomic E-state index is 0.0483. The van der Waals surface area contributed by atoms with Crippen LogP contribution in [-0.4, -0.2) is 35.6 Å². The average molecular weight is 348 g/mol. The number of hydrogen-bond acceptors (Lipinski definition) is 3. The molecule has 0 aliphatic heterocycles. The first kappa shape index (κ1) is 18.1. The summed E-state index contributed by atoms with van der Waals surface area (Å²) in [6, 6.07) is 10.9. The van der Waals surface area contributed by atoms with Crippen LogP contribution < -0.4 is 10.1 Å². The Labute approximate surface area is 147 Å². The monoisotopic (exact) mass is 347 g/mol. The fourth-order valence-electron chi connectivity index (χ4n) is 2.20. The molecule has 5 nitrogen and oxygen atoms in total. The minimum Gasteiger partial charge on any atom is -0.487 e. The van der Waals surface area contributed by atoms with Gasteiger partial charge in [-0.25, -0.2) is 4.79 Å². The van der Waals surface area contributed by atoms with Crippen LogP contribution in [0.2, 0.25) is 5.02 Å². The Kier molecular flexibility index (Phi) is 6.44. The van der Waals surface area contributed by atoms with Crippen LogP contribution >= 0.6 is 11.6 Å². The molecular formula is C18H22ClN3O2. The lowest BCUT2D eigenvalue weighted by Crippen LogP contribution is -2.42. The number of halogens is 1. The summed E-state index contributed by atoms with van der Waals surface area (Å²) in [6.07, 6.45) is 3.24. The molecular weight excluding hydrogens is 326 g/mol. The smallest absolute Gasteiger partial charge is 0.317 e. The van der Waals surface area contributed by atoms with Gasteiger partial charge in [-0.2, -0.15) is 0 Å². The maximum atomic E-state index is 12.3. The molecule has 0 bridgehead atoms. The van der Waals surface area contributed by atoms with Crippen molar-refractivity contribution in [2.24, 2.45) is 0 Å². The first-order valence-corrected chi connectivity index (χ1v) is 8.18. The second kappa shape index (κ2) is 8.55. The number of nitrogens with one attached hydrogen (secondary N) is 1. The lowest BCUT2D eigenvalue weighted by Gasteiger charge is -2.26. The second-order valence-corrected chi connectivity index (χ2v) is 6.02. The number of para-hydroxylation sites is 1. The van der Waals surface area contributed by atoms with Gasteiger partial charge >= 0.3 is 6.03 Å². The molecule has 0 saturated carbocycles. The van der Waals surface area contributed by atoms with Crippen molar-refractivity contribution < 1.29 is 9.53 Å². The largest absolute Gasteiger partial charge is 0.487 e. The van der Waals surface area contributed by atoms with Crippen LogP contribution in [0.1, 0.15) is 25.5 Å². The third-order valence-corrected chi connectivity index (χ3v) is 4.11. The number of ether oxygens (including phenoxy) is 1. The van der Waals surface area contributed by atoms with Gasteiger partial charge in [0.15, 0.2) is 0 Å². The maximum Gasteiger partial charge on any atom is 0.317 e. The molecule has 0 aliphatic rings. The van der Waals surface area contributed by atoms with Gasteiger partial charge in [0.25, 0.3) is 0 Å². The van der Waals surface area contributed by atoms with Crippen molar-refractivity contribution in [2.45, 2.75) is 26.0 Å². The van der Waals surface area contributed by atoms with E-state index in [0.717, 1.165) is 5.56 Å². The number of amides is 2. The Morgan fingerprint density at radius 2 is 1.92 bits per heavy atom. The van der Waals surface area contributed by atoms with E-state index in [1.807, 2.05) is 38.1 Å². The molecule has 0 spiro atoms. The first-order chi connectivity index (χ1) is 11.5. The molecule has 0 aliphatic carbocycles. The quantitative estimate of drug-likeness (QED) is 0.862. The zero-order valence-electron chi connectivity index (χ0n) is 14.1. The Morgan fingerprint density at radius 3 is 2.58 bits per heavy atom. The number of benzene rings is 1. The maximum absolute atomic E-state index is 12.3. The predicted octanol–water partition coefficient (Wildman–Crippen LogP) is 3.90. The highest BCUT2D eigenvalue weighted by Gasteiger charge is 2.18. The van der Waals surface area contributed by atoms with Crippen molar-refractivity contribution in [1.29, 1.82) is 0 Å². The molecule has 0 fully saturated rings. The van der Waals surface area contributed by atoms with Crippen LogP contribution in [-0.2, 0) is 0 Å². The highest BCUT2D eigenvalue weighted by atomic mass is 35.5. The fourth-order valence-corrected chi connectivity index (χ4v) is 2.38. The number of nitrogens with zero attached hydrogens (tertiary/aromatic N) is 2. The molecule has 128 valence electrons. The van der Waals surface area contributed by atoms with Gasteiger partial charge in [0.2, 0.25) is 0 Å². The van der Waals surface area contributed by atoms with Crippen molar-refractivity contribution >= 4 is 17.6 Å². The van der Waals surface area contributed by atoms with Gasteiger partial charge < -0.3 is 15.0 Å². The number of urea groups is 1. The average Bonchev–Trinajstić information content (AvgIpc) is 2.61. The van der Waals surface area contributed by atoms with Gasteiger partial charge in [-0.1, -0.05) is 23.7 Å². The van der Waals surface area contributed by atoms with Crippen LogP contribution in [0.5, 0.6) is 5.75 Å². The molecule has 1 heterocycles. The van der Waals surface area contributed by atoms with Crippen LogP contribution in [0.25, 0.3) is 0 Å². The number of carbonyl (C=O) groups excluding carboxylic acids is 1. The summed E-state index contributed by atoms with van der Waals surface area (Å²) in [5.41, 5.74) is 1.03. The van der Waals surface area contributed by atoms with Crippen LogP contribution in [0.4, 0.5) is 4.79 Å².